The molecule has 3 N–H and O–H groups in total. The third-order valence-electron chi connectivity index (χ3n) is 7.04. The summed E-state index contributed by atoms with van der Waals surface area (Å²) in [5, 5.41) is 26.4. The Morgan fingerprint density at radius 2 is 1.91 bits per heavy atom. The van der Waals surface area contributed by atoms with Crippen molar-refractivity contribution >= 4 is 34.9 Å². The van der Waals surface area contributed by atoms with E-state index in [4.69, 9.17) is 21.4 Å². The molecule has 1 atom stereocenters. The maximum atomic E-state index is 14.3. The Morgan fingerprint density at radius 1 is 1.11 bits per heavy atom. The maximum Gasteiger partial charge on any atom is 0.303 e. The molecule has 0 spiro atoms. The summed E-state index contributed by atoms with van der Waals surface area (Å²) >= 11 is 6.92. The van der Waals surface area contributed by atoms with Crippen LogP contribution in [0.15, 0.2) is 67.1 Å². The third-order valence-corrected chi connectivity index (χ3v) is 7.40. The number of para-hydroxylation sites is 1. The molecule has 1 aliphatic rings. The van der Waals surface area contributed by atoms with Crippen LogP contribution in [0.1, 0.15) is 30.3 Å². The van der Waals surface area contributed by atoms with Crippen LogP contribution >= 0.6 is 11.6 Å². The van der Waals surface area contributed by atoms with E-state index < -0.39 is 17.7 Å². The molecule has 0 saturated carbocycles. The number of piperazine rings is 1. The predicted molar refractivity (Wildman–Crippen MR) is 170 cm³/mol. The van der Waals surface area contributed by atoms with E-state index in [9.17, 15) is 14.0 Å². The molecule has 2 aromatic carbocycles. The first kappa shape index (κ1) is 33.3. The van der Waals surface area contributed by atoms with Crippen molar-refractivity contribution in [2.75, 3.05) is 50.5 Å². The maximum absolute atomic E-state index is 14.3. The number of carboxylic acid groups (broad SMARTS) is 1. The molecule has 14 heteroatoms. The number of benzene rings is 2. The van der Waals surface area contributed by atoms with Crippen LogP contribution in [0.3, 0.4) is 0 Å². The largest absolute Gasteiger partial charge is 0.481 e. The molecule has 5 rings (SSSR count). The topological polar surface area (TPSA) is 138 Å². The lowest BCUT2D eigenvalue weighted by Crippen LogP contribution is -2.55. The van der Waals surface area contributed by atoms with Crippen molar-refractivity contribution in [3.05, 3.63) is 83.7 Å². The molecule has 3 heterocycles. The number of aliphatic carboxylic acids is 1. The number of nitrogens with one attached hydrogen (secondary N) is 2. The fourth-order valence-corrected chi connectivity index (χ4v) is 5.02. The molecule has 238 valence electrons. The van der Waals surface area contributed by atoms with Crippen LogP contribution in [0.5, 0.6) is 11.5 Å². The zero-order valence-electron chi connectivity index (χ0n) is 25.3. The van der Waals surface area contributed by atoms with Crippen LogP contribution in [-0.2, 0) is 4.79 Å². The average molecular weight is 639 g/mol. The minimum Gasteiger partial charge on any atom is -0.481 e. The molecule has 1 fully saturated rings. The van der Waals surface area contributed by atoms with Gasteiger partial charge < -0.3 is 25.4 Å². The zero-order valence-corrected chi connectivity index (χ0v) is 26.0. The summed E-state index contributed by atoms with van der Waals surface area (Å²) in [6.45, 7) is 4.74. The number of hydrogen-bond donors (Lipinski definition) is 3. The number of rotatable bonds is 10. The highest BCUT2D eigenvalue weighted by molar-refractivity contribution is 6.35. The molecule has 45 heavy (non-hydrogen) atoms. The van der Waals surface area contributed by atoms with Gasteiger partial charge in [-0.2, -0.15) is 15.3 Å². The number of halogens is 2. The monoisotopic (exact) mass is 638 g/mol. The minimum atomic E-state index is -0.711. The summed E-state index contributed by atoms with van der Waals surface area (Å²) in [5.74, 6) is -1.27. The number of carboxylic acids is 1. The van der Waals surface area contributed by atoms with Crippen molar-refractivity contribution < 1.29 is 23.8 Å². The highest BCUT2D eigenvalue weighted by Crippen LogP contribution is 2.43. The highest BCUT2D eigenvalue weighted by atomic mass is 35.5. The summed E-state index contributed by atoms with van der Waals surface area (Å²) in [4.78, 5) is 27.3. The molecule has 1 aliphatic heterocycles. The number of ether oxygens (including phenoxy) is 1. The molecule has 12 nitrogen and oxygen atoms in total. The van der Waals surface area contributed by atoms with Gasteiger partial charge in [0.05, 0.1) is 29.5 Å². The van der Waals surface area contributed by atoms with Crippen LogP contribution < -0.4 is 20.3 Å². The molecule has 0 radical (unpaired) electrons. The van der Waals surface area contributed by atoms with Crippen molar-refractivity contribution in [2.24, 2.45) is 0 Å². The van der Waals surface area contributed by atoms with Gasteiger partial charge in [0, 0.05) is 44.8 Å². The van der Waals surface area contributed by atoms with Gasteiger partial charge in [-0.1, -0.05) is 30.7 Å². The lowest BCUT2D eigenvalue weighted by molar-refractivity contribution is -0.137. The summed E-state index contributed by atoms with van der Waals surface area (Å²) in [6.07, 6.45) is 5.80. The van der Waals surface area contributed by atoms with Crippen LogP contribution in [0.4, 0.5) is 15.8 Å². The van der Waals surface area contributed by atoms with Gasteiger partial charge in [-0.15, -0.1) is 0 Å². The second kappa shape index (κ2) is 15.9. The average Bonchev–Trinajstić information content (AvgIpc) is 3.53. The Balaban J connectivity index is 0.000000700. The van der Waals surface area contributed by atoms with Gasteiger partial charge in [0.1, 0.15) is 10.8 Å². The van der Waals surface area contributed by atoms with Crippen LogP contribution in [0.25, 0.3) is 5.69 Å². The molecule has 0 bridgehead atoms. The predicted octanol–water partition coefficient (Wildman–Crippen LogP) is 4.71. The van der Waals surface area contributed by atoms with E-state index in [1.807, 2.05) is 14.0 Å². The SMILES string of the molecule is CCCC(=O)O.CNC[C@H]1CN(c2c(NC(=O)c3ccn(-c4ccnnc4)n3)ccc(Oc3ccccc3F)c2Cl)CCN1C. The second-order valence-electron chi connectivity index (χ2n) is 10.3. The molecule has 4 aromatic rings. The number of carbonyl (C=O) groups is 2. The molecular formula is C31H36ClFN8O4. The Morgan fingerprint density at radius 3 is 2.58 bits per heavy atom. The molecule has 2 aromatic heterocycles. The summed E-state index contributed by atoms with van der Waals surface area (Å²) in [6, 6.07) is 13.0. The first-order valence-corrected chi connectivity index (χ1v) is 14.8. The van der Waals surface area contributed by atoms with Crippen molar-refractivity contribution in [1.29, 1.82) is 0 Å². The molecule has 1 saturated heterocycles. The Labute approximate surface area is 265 Å². The van der Waals surface area contributed by atoms with Gasteiger partial charge in [0.2, 0.25) is 0 Å². The normalized spacial score (nSPS) is 14.8. The van der Waals surface area contributed by atoms with Gasteiger partial charge in [-0.05, 0) is 56.9 Å². The van der Waals surface area contributed by atoms with Crippen molar-refractivity contribution in [3.8, 4) is 17.2 Å². The number of hydrogen-bond acceptors (Lipinski definition) is 9. The van der Waals surface area contributed by atoms with E-state index in [-0.39, 0.29) is 28.3 Å². The van der Waals surface area contributed by atoms with Crippen molar-refractivity contribution in [3.63, 3.8) is 0 Å². The number of aromatic nitrogens is 4. The smallest absolute Gasteiger partial charge is 0.303 e. The van der Waals surface area contributed by atoms with Gasteiger partial charge in [0.25, 0.3) is 5.91 Å². The molecule has 0 unspecified atom stereocenters. The number of likely N-dealkylation sites (N-methyl/N-ethyl adjacent to an activating group) is 2. The standard InChI is InChI=1S/C27H28ClFN8O2.C4H8O2/c1-30-15-19-17-36(14-13-35(19)2)26-21(7-8-24(25(26)28)39-23-6-4-3-5-20(23)29)33-27(38)22-10-12-37(34-22)18-9-11-31-32-16-18;1-2-3-4(5)6/h3-12,16,19,30H,13-15,17H2,1-2H3,(H,33,38);2-3H2,1H3,(H,5,6)/t19-;/m0./s1. The van der Waals surface area contributed by atoms with E-state index in [0.29, 0.717) is 36.6 Å². The van der Waals surface area contributed by atoms with Crippen LogP contribution in [0, 0.1) is 5.82 Å². The molecule has 1 amide bonds. The van der Waals surface area contributed by atoms with E-state index in [0.717, 1.165) is 19.5 Å². The number of nitrogens with zero attached hydrogens (tertiary/aromatic N) is 6. The number of anilines is 2. The third kappa shape index (κ3) is 8.75. The van der Waals surface area contributed by atoms with E-state index in [1.54, 1.807) is 59.7 Å². The quantitative estimate of drug-likeness (QED) is 0.224. The fourth-order valence-electron chi connectivity index (χ4n) is 4.69. The van der Waals surface area contributed by atoms with Crippen molar-refractivity contribution in [2.45, 2.75) is 25.8 Å². The molecular weight excluding hydrogens is 603 g/mol. The van der Waals surface area contributed by atoms with Gasteiger partial charge in [0.15, 0.2) is 17.3 Å². The van der Waals surface area contributed by atoms with E-state index in [1.165, 1.54) is 12.1 Å². The van der Waals surface area contributed by atoms with Crippen LogP contribution in [0.2, 0.25) is 5.02 Å². The lowest BCUT2D eigenvalue weighted by Gasteiger charge is -2.41. The first-order valence-electron chi connectivity index (χ1n) is 14.4. The van der Waals surface area contributed by atoms with Crippen LogP contribution in [-0.4, -0.2) is 88.2 Å². The Hall–Kier alpha value is -4.59. The molecule has 0 aliphatic carbocycles. The number of carbonyl (C=O) groups excluding carboxylic acids is 1. The Kier molecular flexibility index (Phi) is 11.8. The number of amides is 1. The fraction of sp³-hybridized carbons (Fsp3) is 0.323. The van der Waals surface area contributed by atoms with E-state index >= 15 is 0 Å². The second-order valence-corrected chi connectivity index (χ2v) is 10.7. The summed E-state index contributed by atoms with van der Waals surface area (Å²) in [7, 11) is 3.99. The minimum absolute atomic E-state index is 0.0599. The Bertz CT molecular complexity index is 1590. The first-order chi connectivity index (χ1) is 21.7. The van der Waals surface area contributed by atoms with Gasteiger partial charge >= 0.3 is 5.97 Å². The lowest BCUT2D eigenvalue weighted by atomic mass is 10.1. The van der Waals surface area contributed by atoms with Crippen molar-refractivity contribution in [1.82, 2.24) is 30.2 Å². The van der Waals surface area contributed by atoms with Gasteiger partial charge in [-0.25, -0.2) is 9.07 Å². The summed E-state index contributed by atoms with van der Waals surface area (Å²) in [5.41, 5.74) is 1.99. The van der Waals surface area contributed by atoms with E-state index in [2.05, 4.69) is 42.8 Å². The van der Waals surface area contributed by atoms with Gasteiger partial charge in [-0.3, -0.25) is 14.5 Å². The highest BCUT2D eigenvalue weighted by Gasteiger charge is 2.29. The zero-order chi connectivity index (χ0) is 32.3. The summed E-state index contributed by atoms with van der Waals surface area (Å²) < 4.78 is 21.8.